The van der Waals surface area contributed by atoms with Crippen LogP contribution in [0.15, 0.2) is 28.7 Å². The molecule has 0 aromatic carbocycles. The lowest BCUT2D eigenvalue weighted by Gasteiger charge is -2.18. The van der Waals surface area contributed by atoms with Crippen molar-refractivity contribution in [1.82, 2.24) is 0 Å². The van der Waals surface area contributed by atoms with Gasteiger partial charge in [-0.3, -0.25) is 0 Å². The van der Waals surface area contributed by atoms with Crippen LogP contribution in [0.1, 0.15) is 0 Å². The second-order valence-corrected chi connectivity index (χ2v) is 2.28. The molecule has 0 bridgehead atoms. The maximum atomic E-state index is 4.05. The zero-order chi connectivity index (χ0) is 6.10. The number of rotatable bonds is 0. The van der Waals surface area contributed by atoms with Crippen LogP contribution in [0.3, 0.4) is 0 Å². The first-order valence-electron chi connectivity index (χ1n) is 2.64. The molecule has 1 aliphatic carbocycles. The lowest BCUT2D eigenvalue weighted by Crippen LogP contribution is -2.01. The number of fused-ring (bicyclic) bond motifs is 1. The molecule has 0 aromatic rings. The van der Waals surface area contributed by atoms with Crippen molar-refractivity contribution in [3.05, 3.63) is 35.1 Å². The van der Waals surface area contributed by atoms with Crippen molar-refractivity contribution in [2.75, 3.05) is 0 Å². The smallest absolute Gasteiger partial charge is 0.0362 e. The first kappa shape index (κ1) is 5.26. The molecule has 0 amide bonds. The molecule has 0 atom stereocenters. The van der Waals surface area contributed by atoms with Gasteiger partial charge in [0, 0.05) is 5.71 Å². The number of nitrogens with zero attached hydrogens (tertiary/aromatic N) is 2. The van der Waals surface area contributed by atoms with E-state index >= 15 is 0 Å². The van der Waals surface area contributed by atoms with Crippen molar-refractivity contribution < 1.29 is 0 Å². The number of hydrogen-bond donors (Lipinski definition) is 0. The summed E-state index contributed by atoms with van der Waals surface area (Å²) < 4.78 is 8.10. The molecule has 2 aliphatic rings. The fourth-order valence-corrected chi connectivity index (χ4v) is 1.25. The fourth-order valence-electron chi connectivity index (χ4n) is 0.727. The van der Waals surface area contributed by atoms with Gasteiger partial charge in [0.25, 0.3) is 0 Å². The molecule has 2 rings (SSSR count). The van der Waals surface area contributed by atoms with Crippen molar-refractivity contribution in [2.24, 2.45) is 4.40 Å². The van der Waals surface area contributed by atoms with Crippen LogP contribution in [0, 0.1) is 6.04 Å². The summed E-state index contributed by atoms with van der Waals surface area (Å²) in [5.74, 6) is 0. The van der Waals surface area contributed by atoms with Crippen LogP contribution in [0.4, 0.5) is 0 Å². The van der Waals surface area contributed by atoms with E-state index in [1.165, 1.54) is 12.1 Å². The average Bonchev–Trinajstić information content (AvgIpc) is 2.33. The van der Waals surface area contributed by atoms with E-state index < -0.39 is 0 Å². The highest BCUT2D eigenvalue weighted by Gasteiger charge is 2.06. The number of allylic oxidation sites excluding steroid dienone is 2. The van der Waals surface area contributed by atoms with Crippen molar-refractivity contribution >= 4 is 17.8 Å². The highest BCUT2D eigenvalue weighted by atomic mass is 32.2. The molecule has 0 spiro atoms. The van der Waals surface area contributed by atoms with Gasteiger partial charge in [-0.2, -0.15) is 0 Å². The van der Waals surface area contributed by atoms with Crippen LogP contribution in [-0.4, -0.2) is 5.71 Å². The SMILES string of the molecule is C1=C[C]2[N-]SN=C2C=C1. The Balaban J connectivity index is 2.33. The lowest BCUT2D eigenvalue weighted by atomic mass is 10.1. The van der Waals surface area contributed by atoms with E-state index in [0.717, 1.165) is 11.8 Å². The Morgan fingerprint density at radius 2 is 2.22 bits per heavy atom. The van der Waals surface area contributed by atoms with Gasteiger partial charge < -0.3 is 4.72 Å². The zero-order valence-electron chi connectivity index (χ0n) is 4.61. The Hall–Kier alpha value is -0.540. The second kappa shape index (κ2) is 2.01. The molecule has 0 unspecified atom stereocenters. The minimum absolute atomic E-state index is 0.988. The van der Waals surface area contributed by atoms with E-state index in [1.54, 1.807) is 0 Å². The molecule has 0 fully saturated rings. The van der Waals surface area contributed by atoms with E-state index in [2.05, 4.69) is 9.12 Å². The van der Waals surface area contributed by atoms with E-state index in [-0.39, 0.29) is 0 Å². The molecule has 1 aliphatic heterocycles. The van der Waals surface area contributed by atoms with E-state index in [4.69, 9.17) is 0 Å². The van der Waals surface area contributed by atoms with Crippen molar-refractivity contribution in [1.29, 1.82) is 0 Å². The van der Waals surface area contributed by atoms with Crippen LogP contribution in [0.5, 0.6) is 0 Å². The van der Waals surface area contributed by atoms with Gasteiger partial charge in [0.15, 0.2) is 0 Å². The van der Waals surface area contributed by atoms with E-state index in [0.29, 0.717) is 0 Å². The number of hydrogen-bond acceptors (Lipinski definition) is 2. The average molecular weight is 136 g/mol. The summed E-state index contributed by atoms with van der Waals surface area (Å²) in [7, 11) is 0. The fraction of sp³-hybridized carbons (Fsp3) is 0. The zero-order valence-corrected chi connectivity index (χ0v) is 5.43. The summed E-state index contributed by atoms with van der Waals surface area (Å²) in [6.45, 7) is 0. The van der Waals surface area contributed by atoms with Gasteiger partial charge in [0.1, 0.15) is 0 Å². The third-order valence-corrected chi connectivity index (χ3v) is 1.72. The Morgan fingerprint density at radius 1 is 1.33 bits per heavy atom. The Bertz CT molecular complexity index is 202. The first-order valence-corrected chi connectivity index (χ1v) is 3.37. The van der Waals surface area contributed by atoms with Gasteiger partial charge in [-0.1, -0.05) is 24.3 Å². The molecule has 0 N–H and O–H groups in total. The third-order valence-electron chi connectivity index (χ3n) is 1.16. The van der Waals surface area contributed by atoms with Crippen LogP contribution < -0.4 is 0 Å². The molecule has 3 heteroatoms. The molecule has 2 nitrogen and oxygen atoms in total. The minimum Gasteiger partial charge on any atom is -0.572 e. The van der Waals surface area contributed by atoms with Crippen LogP contribution in [0.2, 0.25) is 0 Å². The topological polar surface area (TPSA) is 26.5 Å². The highest BCUT2D eigenvalue weighted by molar-refractivity contribution is 8.01. The minimum atomic E-state index is 0.988. The third kappa shape index (κ3) is 0.821. The van der Waals surface area contributed by atoms with E-state index in [1.807, 2.05) is 24.3 Å². The van der Waals surface area contributed by atoms with Gasteiger partial charge in [0.2, 0.25) is 0 Å². The monoisotopic (exact) mass is 136 g/mol. The lowest BCUT2D eigenvalue weighted by molar-refractivity contribution is 1.55. The van der Waals surface area contributed by atoms with Crippen LogP contribution in [0.25, 0.3) is 4.72 Å². The largest absolute Gasteiger partial charge is 0.572 e. The summed E-state index contributed by atoms with van der Waals surface area (Å²) in [6, 6.07) is 0.988. The maximum absolute atomic E-state index is 4.05. The summed E-state index contributed by atoms with van der Waals surface area (Å²) in [6.07, 6.45) is 7.84. The Kier molecular flexibility index (Phi) is 1.17. The summed E-state index contributed by atoms with van der Waals surface area (Å²) in [5, 5.41) is 0. The Labute approximate surface area is 58.0 Å². The molecule has 9 heavy (non-hydrogen) atoms. The van der Waals surface area contributed by atoms with Crippen molar-refractivity contribution in [3.8, 4) is 0 Å². The second-order valence-electron chi connectivity index (χ2n) is 1.75. The molecular formula is C6H4N2S-. The Morgan fingerprint density at radius 3 is 3.11 bits per heavy atom. The highest BCUT2D eigenvalue weighted by Crippen LogP contribution is 2.34. The van der Waals surface area contributed by atoms with Crippen LogP contribution in [-0.2, 0) is 0 Å². The van der Waals surface area contributed by atoms with Crippen molar-refractivity contribution in [2.45, 2.75) is 0 Å². The van der Waals surface area contributed by atoms with Gasteiger partial charge in [-0.15, -0.1) is 12.1 Å². The van der Waals surface area contributed by atoms with Crippen molar-refractivity contribution in [3.63, 3.8) is 0 Å². The van der Waals surface area contributed by atoms with Gasteiger partial charge in [-0.05, 0) is 6.08 Å². The van der Waals surface area contributed by atoms with Gasteiger partial charge in [-0.25, -0.2) is 4.40 Å². The summed E-state index contributed by atoms with van der Waals surface area (Å²) in [4.78, 5) is 0. The van der Waals surface area contributed by atoms with Gasteiger partial charge in [0.05, 0.1) is 0 Å². The standard InChI is InChI=1S/C6H4N2S/c1-2-4-6-5(3-1)7-9-8-6/h1-4H/q-1. The molecule has 1 radical (unpaired) electrons. The summed E-state index contributed by atoms with van der Waals surface area (Å²) in [5.41, 5.74) is 0.988. The van der Waals surface area contributed by atoms with E-state index in [9.17, 15) is 0 Å². The predicted octanol–water partition coefficient (Wildman–Crippen LogP) is 2.04. The molecule has 0 aromatic heterocycles. The maximum Gasteiger partial charge on any atom is 0.0362 e. The molecule has 0 saturated heterocycles. The molecule has 45 valence electrons. The van der Waals surface area contributed by atoms with Gasteiger partial charge >= 0.3 is 0 Å². The normalized spacial score (nSPS) is 24.2. The van der Waals surface area contributed by atoms with Crippen LogP contribution >= 0.6 is 12.1 Å². The predicted molar refractivity (Wildman–Crippen MR) is 39.9 cm³/mol. The quantitative estimate of drug-likeness (QED) is 0.468. The molecular weight excluding hydrogens is 132 g/mol. The molecule has 0 saturated carbocycles. The molecule has 1 heterocycles. The first-order chi connectivity index (χ1) is 4.47. The summed E-state index contributed by atoms with van der Waals surface area (Å²) >= 11 is 1.25.